The van der Waals surface area contributed by atoms with Gasteiger partial charge in [0.05, 0.1) is 18.1 Å². The largest absolute Gasteiger partial charge is 0.495 e. The Balaban J connectivity index is 2.00. The average molecular weight is 448 g/mol. The summed E-state index contributed by atoms with van der Waals surface area (Å²) in [7, 11) is -3.44. The van der Waals surface area contributed by atoms with E-state index in [1.54, 1.807) is 18.2 Å². The zero-order valence-corrected chi connectivity index (χ0v) is 20.8. The fraction of sp³-hybridized carbons (Fsp3) is 0.478. The molecular weight excluding hydrogens is 414 g/mol. The molecule has 1 aliphatic heterocycles. The van der Waals surface area contributed by atoms with Gasteiger partial charge >= 0.3 is 0 Å². The summed E-state index contributed by atoms with van der Waals surface area (Å²) in [4.78, 5) is 0.487. The molecule has 1 unspecified atom stereocenters. The summed E-state index contributed by atoms with van der Waals surface area (Å²) < 4.78 is 38.6. The minimum Gasteiger partial charge on any atom is -0.495 e. The van der Waals surface area contributed by atoms with Crippen LogP contribution in [0.1, 0.15) is 43.6 Å². The first-order chi connectivity index (χ1) is 14.0. The monoisotopic (exact) mass is 447 g/mol. The third-order valence-corrected chi connectivity index (χ3v) is 7.96. The summed E-state index contributed by atoms with van der Waals surface area (Å²) in [6.07, 6.45) is 0.805. The Labute approximate surface area is 182 Å². The molecule has 1 N–H and O–H groups in total. The van der Waals surface area contributed by atoms with Crippen molar-refractivity contribution in [3.63, 3.8) is 0 Å². The lowest BCUT2D eigenvalue weighted by Gasteiger charge is -2.33. The summed E-state index contributed by atoms with van der Waals surface area (Å²) in [6, 6.07) is 10.8. The molecule has 7 heteroatoms. The molecule has 0 aromatic heterocycles. The number of hydrogen-bond donors (Lipinski definition) is 1. The number of fused-ring (bicyclic) bond motifs is 1. The van der Waals surface area contributed by atoms with E-state index in [-0.39, 0.29) is 21.3 Å². The number of ether oxygens (including phenoxy) is 1. The van der Waals surface area contributed by atoms with Crippen molar-refractivity contribution in [3.05, 3.63) is 53.1 Å². The molecule has 0 saturated carbocycles. The summed E-state index contributed by atoms with van der Waals surface area (Å²) in [5.41, 5.74) is 3.08. The topological polar surface area (TPSA) is 64.6 Å². The molecule has 0 radical (unpaired) electrons. The van der Waals surface area contributed by atoms with Crippen LogP contribution in [-0.4, -0.2) is 31.1 Å². The van der Waals surface area contributed by atoms with Gasteiger partial charge in [0.15, 0.2) is 9.04 Å². The number of nitrogens with one attached hydrogen (secondary N) is 1. The van der Waals surface area contributed by atoms with E-state index in [1.807, 2.05) is 18.2 Å². The molecule has 164 valence electrons. The maximum absolute atomic E-state index is 13.4. The van der Waals surface area contributed by atoms with Crippen LogP contribution >= 0.6 is 0 Å². The van der Waals surface area contributed by atoms with Crippen molar-refractivity contribution in [1.82, 2.24) is 5.32 Å². The van der Waals surface area contributed by atoms with Gasteiger partial charge in [-0.1, -0.05) is 32.9 Å². The molecule has 2 aromatic rings. The highest BCUT2D eigenvalue weighted by atomic mass is 32.2. The highest BCUT2D eigenvalue weighted by molar-refractivity contribution is 7.91. The zero-order chi connectivity index (χ0) is 22.1. The van der Waals surface area contributed by atoms with Gasteiger partial charge in [0.1, 0.15) is 10.6 Å². The summed E-state index contributed by atoms with van der Waals surface area (Å²) in [5, 5.41) is 3.30. The fourth-order valence-electron chi connectivity index (χ4n) is 3.86. The smallest absolute Gasteiger partial charge is 0.210 e. The normalized spacial score (nSPS) is 15.7. The molecular formula is C23H33NO4SSi. The van der Waals surface area contributed by atoms with Gasteiger partial charge in [-0.05, 0) is 72.4 Å². The molecule has 0 saturated heterocycles. The second-order valence-corrected chi connectivity index (χ2v) is 13.5. The molecule has 0 spiro atoms. The van der Waals surface area contributed by atoms with E-state index in [4.69, 9.17) is 9.16 Å². The van der Waals surface area contributed by atoms with Gasteiger partial charge in [-0.15, -0.1) is 0 Å². The van der Waals surface area contributed by atoms with Crippen molar-refractivity contribution in [2.24, 2.45) is 5.41 Å². The quantitative estimate of drug-likeness (QED) is 0.670. The van der Waals surface area contributed by atoms with E-state index in [0.717, 1.165) is 29.7 Å². The van der Waals surface area contributed by atoms with Crippen molar-refractivity contribution in [3.8, 4) is 5.75 Å². The minimum absolute atomic E-state index is 0.0646. The number of sulfone groups is 1. The van der Waals surface area contributed by atoms with Gasteiger partial charge in [-0.3, -0.25) is 0 Å². The van der Waals surface area contributed by atoms with Crippen LogP contribution in [0.15, 0.2) is 46.2 Å². The van der Waals surface area contributed by atoms with Crippen molar-refractivity contribution < 1.29 is 17.6 Å². The molecule has 1 atom stereocenters. The number of hydrogen-bond acceptors (Lipinski definition) is 5. The van der Waals surface area contributed by atoms with Crippen LogP contribution in [-0.2, 0) is 27.2 Å². The summed E-state index contributed by atoms with van der Waals surface area (Å²) in [5.74, 6) is 0.404. The highest BCUT2D eigenvalue weighted by Gasteiger charge is 2.29. The van der Waals surface area contributed by atoms with E-state index in [2.05, 4.69) is 39.2 Å². The second-order valence-electron chi connectivity index (χ2n) is 9.20. The predicted octanol–water partition coefficient (Wildman–Crippen LogP) is 4.26. The standard InChI is InChI=1S/C23H33NO4SSi/c1-23(2,3)22(28-30(5)6)16-7-9-19(10-8-16)29(25,26)21-14-18-15-24-12-11-17(18)13-20(21)27-4/h7-10,13-14,22,24,30H,11-12,15H2,1-6H3. The van der Waals surface area contributed by atoms with Crippen LogP contribution in [0.2, 0.25) is 13.1 Å². The molecule has 2 aromatic carbocycles. The van der Waals surface area contributed by atoms with Gasteiger partial charge in [0.25, 0.3) is 0 Å². The van der Waals surface area contributed by atoms with Gasteiger partial charge in [-0.25, -0.2) is 8.42 Å². The zero-order valence-electron chi connectivity index (χ0n) is 18.8. The lowest BCUT2D eigenvalue weighted by Crippen LogP contribution is -2.26. The SMILES string of the molecule is COc1cc2c(cc1S(=O)(=O)c1ccc(C(O[SiH](C)C)C(C)(C)C)cc1)CNCC2. The first-order valence-electron chi connectivity index (χ1n) is 10.4. The maximum Gasteiger partial charge on any atom is 0.210 e. The molecule has 1 aliphatic rings. The van der Waals surface area contributed by atoms with Gasteiger partial charge in [0, 0.05) is 6.54 Å². The fourth-order valence-corrected chi connectivity index (χ4v) is 6.42. The van der Waals surface area contributed by atoms with Crippen molar-refractivity contribution in [2.45, 2.75) is 62.7 Å². The van der Waals surface area contributed by atoms with Crippen LogP contribution in [0.25, 0.3) is 0 Å². The third-order valence-electron chi connectivity index (χ3n) is 5.35. The average Bonchev–Trinajstić information content (AvgIpc) is 2.70. The molecule has 5 nitrogen and oxygen atoms in total. The predicted molar refractivity (Wildman–Crippen MR) is 122 cm³/mol. The van der Waals surface area contributed by atoms with Crippen LogP contribution in [0.4, 0.5) is 0 Å². The summed E-state index contributed by atoms with van der Waals surface area (Å²) >= 11 is 0. The van der Waals surface area contributed by atoms with Gasteiger partial charge < -0.3 is 14.5 Å². The Kier molecular flexibility index (Phi) is 6.77. The Morgan fingerprint density at radius 2 is 1.73 bits per heavy atom. The van der Waals surface area contributed by atoms with Crippen molar-refractivity contribution in [1.29, 1.82) is 0 Å². The second kappa shape index (κ2) is 8.83. The van der Waals surface area contributed by atoms with E-state index in [0.29, 0.717) is 12.3 Å². The Bertz CT molecular complexity index is 995. The Morgan fingerprint density at radius 1 is 1.07 bits per heavy atom. The third kappa shape index (κ3) is 4.80. The van der Waals surface area contributed by atoms with Crippen LogP contribution in [0.3, 0.4) is 0 Å². The van der Waals surface area contributed by atoms with Gasteiger partial charge in [0.2, 0.25) is 9.84 Å². The lowest BCUT2D eigenvalue weighted by molar-refractivity contribution is 0.0865. The van der Waals surface area contributed by atoms with Crippen molar-refractivity contribution >= 4 is 18.9 Å². The van der Waals surface area contributed by atoms with E-state index in [9.17, 15) is 8.42 Å². The molecule has 30 heavy (non-hydrogen) atoms. The van der Waals surface area contributed by atoms with E-state index >= 15 is 0 Å². The maximum atomic E-state index is 13.4. The number of methoxy groups -OCH3 is 1. The van der Waals surface area contributed by atoms with Gasteiger partial charge in [-0.2, -0.15) is 0 Å². The number of rotatable bonds is 6. The number of benzene rings is 2. The highest BCUT2D eigenvalue weighted by Crippen LogP contribution is 2.38. The van der Waals surface area contributed by atoms with Crippen LogP contribution in [0.5, 0.6) is 5.75 Å². The summed E-state index contributed by atoms with van der Waals surface area (Å²) in [6.45, 7) is 12.3. The molecule has 1 heterocycles. The molecule has 3 rings (SSSR count). The van der Waals surface area contributed by atoms with Crippen molar-refractivity contribution in [2.75, 3.05) is 13.7 Å². The first-order valence-corrected chi connectivity index (χ1v) is 14.7. The van der Waals surface area contributed by atoms with Crippen LogP contribution in [0, 0.1) is 5.41 Å². The Morgan fingerprint density at radius 3 is 2.30 bits per heavy atom. The Hall–Kier alpha value is -1.67. The van der Waals surface area contributed by atoms with Crippen LogP contribution < -0.4 is 10.1 Å². The molecule has 0 bridgehead atoms. The molecule has 0 amide bonds. The minimum atomic E-state index is -3.70. The van der Waals surface area contributed by atoms with E-state index in [1.165, 1.54) is 7.11 Å². The first kappa shape index (κ1) is 23.0. The van der Waals surface area contributed by atoms with E-state index < -0.39 is 18.9 Å². The lowest BCUT2D eigenvalue weighted by atomic mass is 9.85. The molecule has 0 aliphatic carbocycles. The molecule has 0 fully saturated rings.